The van der Waals surface area contributed by atoms with Crippen LogP contribution in [0.1, 0.15) is 20.3 Å². The van der Waals surface area contributed by atoms with Crippen LogP contribution < -0.4 is 20.1 Å². The van der Waals surface area contributed by atoms with Gasteiger partial charge in [-0.05, 0) is 26.0 Å². The topological polar surface area (TPSA) is 75.2 Å². The van der Waals surface area contributed by atoms with E-state index in [0.717, 1.165) is 6.54 Å². The van der Waals surface area contributed by atoms with Gasteiger partial charge >= 0.3 is 0 Å². The fraction of sp³-hybridized carbons (Fsp3) is 0.556. The lowest BCUT2D eigenvalue weighted by Gasteiger charge is -2.17. The summed E-state index contributed by atoms with van der Waals surface area (Å²) >= 11 is 0. The maximum Gasteiger partial charge on any atom is 0.223 e. The molecular weight excluding hydrogens is 320 g/mol. The van der Waals surface area contributed by atoms with E-state index in [-0.39, 0.29) is 12.0 Å². The van der Waals surface area contributed by atoms with Crippen molar-refractivity contribution in [3.05, 3.63) is 24.3 Å². The fourth-order valence-electron chi connectivity index (χ4n) is 2.04. The quantitative estimate of drug-likeness (QED) is 0.521. The van der Waals surface area contributed by atoms with E-state index in [2.05, 4.69) is 15.6 Å². The van der Waals surface area contributed by atoms with E-state index in [1.807, 2.05) is 38.1 Å². The number of amides is 1. The molecule has 0 fully saturated rings. The van der Waals surface area contributed by atoms with Gasteiger partial charge in [0.1, 0.15) is 6.10 Å². The number of guanidine groups is 1. The van der Waals surface area contributed by atoms with Crippen molar-refractivity contribution in [3.8, 4) is 11.5 Å². The summed E-state index contributed by atoms with van der Waals surface area (Å²) in [6.45, 7) is 5.71. The molecule has 0 aliphatic rings. The van der Waals surface area contributed by atoms with Crippen LogP contribution >= 0.6 is 0 Å². The number of rotatable bonds is 9. The average molecular weight is 350 g/mol. The van der Waals surface area contributed by atoms with Gasteiger partial charge in [-0.2, -0.15) is 0 Å². The largest absolute Gasteiger partial charge is 0.493 e. The van der Waals surface area contributed by atoms with Crippen molar-refractivity contribution in [2.75, 3.05) is 40.8 Å². The zero-order valence-corrected chi connectivity index (χ0v) is 15.8. The van der Waals surface area contributed by atoms with Crippen LogP contribution in [0.2, 0.25) is 0 Å². The highest BCUT2D eigenvalue weighted by Crippen LogP contribution is 2.26. The molecule has 0 bridgehead atoms. The lowest BCUT2D eigenvalue weighted by atomic mass is 10.3. The molecular formula is C18H30N4O3. The van der Waals surface area contributed by atoms with E-state index in [1.54, 1.807) is 26.1 Å². The normalized spacial score (nSPS) is 12.3. The van der Waals surface area contributed by atoms with Crippen molar-refractivity contribution in [3.63, 3.8) is 0 Å². The Hall–Kier alpha value is -2.44. The van der Waals surface area contributed by atoms with Crippen LogP contribution in [0.4, 0.5) is 0 Å². The van der Waals surface area contributed by atoms with Gasteiger partial charge in [0, 0.05) is 33.6 Å². The molecule has 1 atom stereocenters. The number of nitrogens with one attached hydrogen (secondary N) is 2. The number of hydrogen-bond acceptors (Lipinski definition) is 4. The lowest BCUT2D eigenvalue weighted by molar-refractivity contribution is -0.128. The van der Waals surface area contributed by atoms with Crippen LogP contribution in [0.15, 0.2) is 29.3 Å². The zero-order valence-electron chi connectivity index (χ0n) is 15.8. The number of ether oxygens (including phenoxy) is 2. The minimum Gasteiger partial charge on any atom is -0.493 e. The molecule has 140 valence electrons. The van der Waals surface area contributed by atoms with Crippen molar-refractivity contribution >= 4 is 11.9 Å². The molecule has 0 saturated heterocycles. The molecule has 2 N–H and O–H groups in total. The van der Waals surface area contributed by atoms with Gasteiger partial charge < -0.3 is 25.0 Å². The molecule has 0 aliphatic heterocycles. The highest BCUT2D eigenvalue weighted by atomic mass is 16.5. The first-order valence-corrected chi connectivity index (χ1v) is 8.49. The molecule has 25 heavy (non-hydrogen) atoms. The van der Waals surface area contributed by atoms with E-state index in [0.29, 0.717) is 37.0 Å². The lowest BCUT2D eigenvalue weighted by Crippen LogP contribution is -2.39. The van der Waals surface area contributed by atoms with Crippen molar-refractivity contribution in [1.82, 2.24) is 15.5 Å². The molecule has 0 heterocycles. The van der Waals surface area contributed by atoms with Gasteiger partial charge in [0.25, 0.3) is 0 Å². The molecule has 0 aromatic heterocycles. The monoisotopic (exact) mass is 350 g/mol. The fourth-order valence-corrected chi connectivity index (χ4v) is 2.04. The number of carbonyl (C=O) groups is 1. The van der Waals surface area contributed by atoms with E-state index < -0.39 is 0 Å². The summed E-state index contributed by atoms with van der Waals surface area (Å²) in [5.74, 6) is 2.15. The molecule has 0 saturated carbocycles. The SMILES string of the molecule is CCNC(=NCC(C)Oc1ccccc1OC)NCCC(=O)N(C)C. The third kappa shape index (κ3) is 7.78. The Balaban J connectivity index is 2.53. The Morgan fingerprint density at radius 2 is 1.92 bits per heavy atom. The van der Waals surface area contributed by atoms with Crippen LogP contribution in [0.3, 0.4) is 0 Å². The Kier molecular flexibility index (Phi) is 9.21. The van der Waals surface area contributed by atoms with Gasteiger partial charge in [0.05, 0.1) is 13.7 Å². The van der Waals surface area contributed by atoms with Crippen molar-refractivity contribution < 1.29 is 14.3 Å². The summed E-state index contributed by atoms with van der Waals surface area (Å²) in [6, 6.07) is 7.53. The summed E-state index contributed by atoms with van der Waals surface area (Å²) in [5, 5.41) is 6.32. The van der Waals surface area contributed by atoms with Gasteiger partial charge in [-0.15, -0.1) is 0 Å². The zero-order chi connectivity index (χ0) is 18.7. The molecule has 1 aromatic rings. The van der Waals surface area contributed by atoms with Crippen molar-refractivity contribution in [2.24, 2.45) is 4.99 Å². The molecule has 0 radical (unpaired) electrons. The number of aliphatic imine (C=N–C) groups is 1. The second-order valence-electron chi connectivity index (χ2n) is 5.76. The number of hydrogen-bond donors (Lipinski definition) is 2. The van der Waals surface area contributed by atoms with Crippen LogP contribution in [0.5, 0.6) is 11.5 Å². The summed E-state index contributed by atoms with van der Waals surface area (Å²) in [4.78, 5) is 17.7. The predicted molar refractivity (Wildman–Crippen MR) is 100 cm³/mol. The molecule has 7 nitrogen and oxygen atoms in total. The smallest absolute Gasteiger partial charge is 0.223 e. The molecule has 0 spiro atoms. The average Bonchev–Trinajstić information content (AvgIpc) is 2.59. The Bertz CT molecular complexity index is 561. The van der Waals surface area contributed by atoms with Gasteiger partial charge in [-0.1, -0.05) is 12.1 Å². The number of carbonyl (C=O) groups excluding carboxylic acids is 1. The summed E-state index contributed by atoms with van der Waals surface area (Å²) < 4.78 is 11.2. The first-order chi connectivity index (χ1) is 12.0. The maximum absolute atomic E-state index is 11.6. The Morgan fingerprint density at radius 3 is 2.52 bits per heavy atom. The number of nitrogens with zero attached hydrogens (tertiary/aromatic N) is 2. The molecule has 1 rings (SSSR count). The van der Waals surface area contributed by atoms with E-state index in [4.69, 9.17) is 9.47 Å². The predicted octanol–water partition coefficient (Wildman–Crippen LogP) is 1.50. The van der Waals surface area contributed by atoms with Crippen LogP contribution in [-0.2, 0) is 4.79 Å². The Labute approximate surface area is 150 Å². The van der Waals surface area contributed by atoms with Crippen LogP contribution in [0.25, 0.3) is 0 Å². The summed E-state index contributed by atoms with van der Waals surface area (Å²) in [6.07, 6.45) is 0.306. The highest BCUT2D eigenvalue weighted by molar-refractivity contribution is 5.81. The number of methoxy groups -OCH3 is 1. The van der Waals surface area contributed by atoms with Gasteiger partial charge in [0.15, 0.2) is 17.5 Å². The second kappa shape index (κ2) is 11.2. The summed E-state index contributed by atoms with van der Waals surface area (Å²) in [5.41, 5.74) is 0. The maximum atomic E-state index is 11.6. The molecule has 1 unspecified atom stereocenters. The van der Waals surface area contributed by atoms with Gasteiger partial charge in [-0.3, -0.25) is 4.79 Å². The molecule has 7 heteroatoms. The van der Waals surface area contributed by atoms with E-state index in [1.165, 1.54) is 0 Å². The minimum atomic E-state index is -0.116. The molecule has 1 aromatic carbocycles. The minimum absolute atomic E-state index is 0.0798. The summed E-state index contributed by atoms with van der Waals surface area (Å²) in [7, 11) is 5.12. The number of para-hydroxylation sites is 2. The third-order valence-electron chi connectivity index (χ3n) is 3.38. The van der Waals surface area contributed by atoms with Crippen LogP contribution in [-0.4, -0.2) is 63.7 Å². The third-order valence-corrected chi connectivity index (χ3v) is 3.38. The number of benzene rings is 1. The second-order valence-corrected chi connectivity index (χ2v) is 5.76. The van der Waals surface area contributed by atoms with Crippen molar-refractivity contribution in [1.29, 1.82) is 0 Å². The van der Waals surface area contributed by atoms with E-state index in [9.17, 15) is 4.79 Å². The molecule has 0 aliphatic carbocycles. The first-order valence-electron chi connectivity index (χ1n) is 8.49. The van der Waals surface area contributed by atoms with E-state index >= 15 is 0 Å². The highest BCUT2D eigenvalue weighted by Gasteiger charge is 2.09. The molecule has 1 amide bonds. The van der Waals surface area contributed by atoms with Crippen molar-refractivity contribution in [2.45, 2.75) is 26.4 Å². The first kappa shape index (κ1) is 20.6. The van der Waals surface area contributed by atoms with Crippen LogP contribution in [0, 0.1) is 0 Å². The van der Waals surface area contributed by atoms with Gasteiger partial charge in [0.2, 0.25) is 5.91 Å². The Morgan fingerprint density at radius 1 is 1.24 bits per heavy atom. The van der Waals surface area contributed by atoms with Gasteiger partial charge in [-0.25, -0.2) is 4.99 Å². The standard InChI is InChI=1S/C18H30N4O3/c1-6-19-18(20-12-11-17(23)22(3)4)21-13-14(2)25-16-10-8-7-9-15(16)24-5/h7-10,14H,6,11-13H2,1-5H3,(H2,19,20,21).